The van der Waals surface area contributed by atoms with Crippen LogP contribution >= 0.6 is 0 Å². The molecule has 1 saturated carbocycles. The fourth-order valence-corrected chi connectivity index (χ4v) is 1.33. The number of nitrogens with two attached hydrogens (primary N) is 1. The normalized spacial score (nSPS) is 16.5. The molecular weight excluding hydrogens is 154 g/mol. The number of hydrogen-bond donors (Lipinski definition) is 1. The number of aromatic nitrogens is 2. The minimum absolute atomic E-state index is 0.496. The minimum Gasteiger partial charge on any atom is -0.481 e. The molecule has 0 radical (unpaired) electrons. The minimum atomic E-state index is 0.496. The molecule has 0 saturated heterocycles. The molecule has 1 aliphatic rings. The van der Waals surface area contributed by atoms with Crippen LogP contribution in [0.5, 0.6) is 5.88 Å². The molecule has 1 aliphatic carbocycles. The molecule has 0 aliphatic heterocycles. The van der Waals surface area contributed by atoms with Gasteiger partial charge in [-0.15, -0.1) is 0 Å². The van der Waals surface area contributed by atoms with Gasteiger partial charge in [0.2, 0.25) is 5.88 Å². The van der Waals surface area contributed by atoms with E-state index in [4.69, 9.17) is 10.5 Å². The van der Waals surface area contributed by atoms with Crippen molar-refractivity contribution in [1.82, 2.24) is 9.78 Å². The van der Waals surface area contributed by atoms with Crippen molar-refractivity contribution in [1.29, 1.82) is 0 Å². The predicted octanol–water partition coefficient (Wildman–Crippen LogP) is 0.685. The van der Waals surface area contributed by atoms with Crippen molar-refractivity contribution in [2.24, 2.45) is 5.73 Å². The van der Waals surface area contributed by atoms with E-state index < -0.39 is 0 Å². The molecule has 1 aromatic rings. The Hall–Kier alpha value is -1.03. The van der Waals surface area contributed by atoms with E-state index in [1.54, 1.807) is 13.3 Å². The van der Waals surface area contributed by atoms with Crippen LogP contribution in [0.4, 0.5) is 0 Å². The van der Waals surface area contributed by atoms with Crippen LogP contribution in [0.3, 0.4) is 0 Å². The third kappa shape index (κ3) is 1.08. The van der Waals surface area contributed by atoms with Gasteiger partial charge < -0.3 is 10.5 Å². The second-order valence-electron chi connectivity index (χ2n) is 3.06. The third-order valence-electron chi connectivity index (χ3n) is 2.13. The highest BCUT2D eigenvalue weighted by Gasteiger charge is 2.28. The van der Waals surface area contributed by atoms with Gasteiger partial charge in [0, 0.05) is 12.1 Å². The van der Waals surface area contributed by atoms with Crippen molar-refractivity contribution in [3.05, 3.63) is 11.8 Å². The van der Waals surface area contributed by atoms with Gasteiger partial charge in [-0.1, -0.05) is 0 Å². The molecule has 0 spiro atoms. The molecule has 0 aromatic carbocycles. The van der Waals surface area contributed by atoms with Gasteiger partial charge in [0.05, 0.1) is 19.3 Å². The summed E-state index contributed by atoms with van der Waals surface area (Å²) in [5.74, 6) is 0.833. The standard InChI is InChI=1S/C8H13N3O/c1-12-8-6(4-9)5-10-11(8)7-2-3-7/h5,7H,2-4,9H2,1H3. The van der Waals surface area contributed by atoms with Crippen molar-refractivity contribution < 1.29 is 4.74 Å². The van der Waals surface area contributed by atoms with E-state index in [-0.39, 0.29) is 0 Å². The molecule has 66 valence electrons. The number of methoxy groups -OCH3 is 1. The molecule has 1 aromatic heterocycles. The Morgan fingerprint density at radius 3 is 3.00 bits per heavy atom. The summed E-state index contributed by atoms with van der Waals surface area (Å²) in [6, 6.07) is 0.556. The van der Waals surface area contributed by atoms with Gasteiger partial charge in [-0.3, -0.25) is 0 Å². The number of nitrogens with zero attached hydrogens (tertiary/aromatic N) is 2. The van der Waals surface area contributed by atoms with Gasteiger partial charge in [0.25, 0.3) is 0 Å². The summed E-state index contributed by atoms with van der Waals surface area (Å²) in [4.78, 5) is 0. The first kappa shape index (κ1) is 7.61. The molecule has 0 amide bonds. The van der Waals surface area contributed by atoms with Crippen LogP contribution in [-0.2, 0) is 6.54 Å². The zero-order valence-electron chi connectivity index (χ0n) is 7.16. The Kier molecular flexibility index (Phi) is 1.77. The monoisotopic (exact) mass is 167 g/mol. The fraction of sp³-hybridized carbons (Fsp3) is 0.625. The topological polar surface area (TPSA) is 53.1 Å². The average Bonchev–Trinajstić information content (AvgIpc) is 2.85. The highest BCUT2D eigenvalue weighted by atomic mass is 16.5. The van der Waals surface area contributed by atoms with Crippen LogP contribution in [-0.4, -0.2) is 16.9 Å². The van der Waals surface area contributed by atoms with Crippen LogP contribution in [0.15, 0.2) is 6.20 Å². The van der Waals surface area contributed by atoms with E-state index in [1.165, 1.54) is 12.8 Å². The molecule has 1 heterocycles. The van der Waals surface area contributed by atoms with Crippen LogP contribution in [0.1, 0.15) is 24.4 Å². The fourth-order valence-electron chi connectivity index (χ4n) is 1.33. The van der Waals surface area contributed by atoms with Crippen LogP contribution in [0, 0.1) is 0 Å². The summed E-state index contributed by atoms with van der Waals surface area (Å²) in [6.45, 7) is 0.496. The summed E-state index contributed by atoms with van der Waals surface area (Å²) in [5, 5.41) is 4.23. The van der Waals surface area contributed by atoms with Crippen LogP contribution < -0.4 is 10.5 Å². The maximum Gasteiger partial charge on any atom is 0.216 e. The van der Waals surface area contributed by atoms with Crippen molar-refractivity contribution in [3.8, 4) is 5.88 Å². The Bertz CT molecular complexity index is 278. The van der Waals surface area contributed by atoms with Gasteiger partial charge in [-0.2, -0.15) is 5.10 Å². The third-order valence-corrected chi connectivity index (χ3v) is 2.13. The Balaban J connectivity index is 2.33. The van der Waals surface area contributed by atoms with E-state index in [0.717, 1.165) is 11.4 Å². The first-order valence-corrected chi connectivity index (χ1v) is 4.17. The number of rotatable bonds is 3. The molecule has 0 atom stereocenters. The second kappa shape index (κ2) is 2.79. The van der Waals surface area contributed by atoms with Gasteiger partial charge in [-0.25, -0.2) is 4.68 Å². The lowest BCUT2D eigenvalue weighted by Gasteiger charge is -2.04. The van der Waals surface area contributed by atoms with E-state index in [2.05, 4.69) is 5.10 Å². The maximum absolute atomic E-state index is 5.53. The Labute approximate surface area is 71.3 Å². The zero-order chi connectivity index (χ0) is 8.55. The zero-order valence-corrected chi connectivity index (χ0v) is 7.16. The largest absolute Gasteiger partial charge is 0.481 e. The molecule has 4 nitrogen and oxygen atoms in total. The van der Waals surface area contributed by atoms with Crippen LogP contribution in [0.2, 0.25) is 0 Å². The van der Waals surface area contributed by atoms with E-state index in [9.17, 15) is 0 Å². The summed E-state index contributed by atoms with van der Waals surface area (Å²) in [7, 11) is 1.66. The molecule has 2 rings (SSSR count). The maximum atomic E-state index is 5.53. The lowest BCUT2D eigenvalue weighted by atomic mass is 10.3. The lowest BCUT2D eigenvalue weighted by Crippen LogP contribution is -2.02. The van der Waals surface area contributed by atoms with Crippen molar-refractivity contribution in [2.45, 2.75) is 25.4 Å². The highest BCUT2D eigenvalue weighted by molar-refractivity contribution is 5.25. The molecule has 0 bridgehead atoms. The van der Waals surface area contributed by atoms with Gasteiger partial charge in [0.1, 0.15) is 0 Å². The SMILES string of the molecule is COc1c(CN)cnn1C1CC1. The Morgan fingerprint density at radius 2 is 2.50 bits per heavy atom. The molecular formula is C8H13N3O. The quantitative estimate of drug-likeness (QED) is 0.720. The van der Waals surface area contributed by atoms with Gasteiger partial charge in [-0.05, 0) is 12.8 Å². The summed E-state index contributed by atoms with van der Waals surface area (Å²) >= 11 is 0. The van der Waals surface area contributed by atoms with Crippen LogP contribution in [0.25, 0.3) is 0 Å². The molecule has 0 unspecified atom stereocenters. The number of ether oxygens (including phenoxy) is 1. The Morgan fingerprint density at radius 1 is 1.75 bits per heavy atom. The van der Waals surface area contributed by atoms with E-state index >= 15 is 0 Å². The number of hydrogen-bond acceptors (Lipinski definition) is 3. The molecule has 2 N–H and O–H groups in total. The predicted molar refractivity (Wildman–Crippen MR) is 44.9 cm³/mol. The highest BCUT2D eigenvalue weighted by Crippen LogP contribution is 2.38. The summed E-state index contributed by atoms with van der Waals surface area (Å²) < 4.78 is 7.16. The first-order valence-electron chi connectivity index (χ1n) is 4.17. The molecule has 1 fully saturated rings. The first-order chi connectivity index (χ1) is 5.86. The smallest absolute Gasteiger partial charge is 0.216 e. The summed E-state index contributed by atoms with van der Waals surface area (Å²) in [5.41, 5.74) is 6.52. The molecule has 12 heavy (non-hydrogen) atoms. The van der Waals surface area contributed by atoms with E-state index in [1.807, 2.05) is 4.68 Å². The van der Waals surface area contributed by atoms with Gasteiger partial charge >= 0.3 is 0 Å². The lowest BCUT2D eigenvalue weighted by molar-refractivity contribution is 0.357. The van der Waals surface area contributed by atoms with Crippen molar-refractivity contribution in [3.63, 3.8) is 0 Å². The molecule has 4 heteroatoms. The van der Waals surface area contributed by atoms with E-state index in [0.29, 0.717) is 12.6 Å². The van der Waals surface area contributed by atoms with Crippen molar-refractivity contribution >= 4 is 0 Å². The van der Waals surface area contributed by atoms with Crippen molar-refractivity contribution in [2.75, 3.05) is 7.11 Å². The van der Waals surface area contributed by atoms with Gasteiger partial charge in [0.15, 0.2) is 0 Å². The second-order valence-corrected chi connectivity index (χ2v) is 3.06. The average molecular weight is 167 g/mol. The summed E-state index contributed by atoms with van der Waals surface area (Å²) in [6.07, 6.45) is 4.21.